The number of carbonyl (C=O) groups excluding carboxylic acids is 1. The van der Waals surface area contributed by atoms with Gasteiger partial charge in [0, 0.05) is 25.3 Å². The summed E-state index contributed by atoms with van der Waals surface area (Å²) in [6, 6.07) is 14.8. The van der Waals surface area contributed by atoms with Crippen molar-refractivity contribution >= 4 is 21.6 Å². The van der Waals surface area contributed by atoms with Crippen molar-refractivity contribution in [2.45, 2.75) is 38.5 Å². The Balaban J connectivity index is 1.82. The zero-order valence-corrected chi connectivity index (χ0v) is 19.7. The van der Waals surface area contributed by atoms with Crippen LogP contribution in [0.3, 0.4) is 0 Å². The molecule has 0 heterocycles. The van der Waals surface area contributed by atoms with Crippen LogP contribution in [0.4, 0.5) is 5.69 Å². The lowest BCUT2D eigenvalue weighted by atomic mass is 10.0. The number of hydrogen-bond acceptors (Lipinski definition) is 5. The molecule has 2 aromatic carbocycles. The van der Waals surface area contributed by atoms with Crippen LogP contribution in [-0.4, -0.2) is 51.7 Å². The minimum absolute atomic E-state index is 0.0645. The van der Waals surface area contributed by atoms with E-state index in [2.05, 4.69) is 14.9 Å². The number of benzene rings is 2. The van der Waals surface area contributed by atoms with Gasteiger partial charge in [0.1, 0.15) is 5.75 Å². The predicted octanol–water partition coefficient (Wildman–Crippen LogP) is 3.20. The largest absolute Gasteiger partial charge is 0.497 e. The molecule has 0 fully saturated rings. The molecule has 0 saturated heterocycles. The average molecular weight is 448 g/mol. The van der Waals surface area contributed by atoms with E-state index in [1.54, 1.807) is 45.2 Å². The Hall–Kier alpha value is -2.58. The van der Waals surface area contributed by atoms with Crippen LogP contribution in [0.5, 0.6) is 5.75 Å². The number of likely N-dealkylation sites (N-methyl/N-ethyl adjacent to an activating group) is 1. The van der Waals surface area contributed by atoms with Gasteiger partial charge in [0.2, 0.25) is 15.9 Å². The van der Waals surface area contributed by atoms with Crippen molar-refractivity contribution in [3.05, 3.63) is 59.7 Å². The number of rotatable bonds is 11. The maximum atomic E-state index is 12.5. The number of anilines is 1. The molecule has 2 N–H and O–H groups in total. The van der Waals surface area contributed by atoms with Gasteiger partial charge in [-0.25, -0.2) is 8.42 Å². The molecule has 0 aliphatic carbocycles. The summed E-state index contributed by atoms with van der Waals surface area (Å²) in [5.74, 6) is 0.431. The highest BCUT2D eigenvalue weighted by molar-refractivity contribution is 7.93. The third-order valence-electron chi connectivity index (χ3n) is 5.06. The second kappa shape index (κ2) is 11.2. The maximum Gasteiger partial charge on any atom is 0.235 e. The number of ether oxygens (including phenoxy) is 1. The van der Waals surface area contributed by atoms with E-state index in [0.29, 0.717) is 18.8 Å². The number of sulfonamides is 1. The second-order valence-corrected chi connectivity index (χ2v) is 10.2. The fourth-order valence-electron chi connectivity index (χ4n) is 2.96. The summed E-state index contributed by atoms with van der Waals surface area (Å²) in [7, 11) is 0.267. The van der Waals surface area contributed by atoms with Crippen LogP contribution >= 0.6 is 0 Å². The first kappa shape index (κ1) is 24.7. The van der Waals surface area contributed by atoms with Crippen LogP contribution in [0.15, 0.2) is 48.5 Å². The Morgan fingerprint density at radius 3 is 2.39 bits per heavy atom. The van der Waals surface area contributed by atoms with Gasteiger partial charge in [-0.15, -0.1) is 0 Å². The number of carbonyl (C=O) groups is 1. The summed E-state index contributed by atoms with van der Waals surface area (Å²) in [6.45, 7) is 7.09. The fraction of sp³-hybridized carbons (Fsp3) is 0.435. The molecule has 8 heteroatoms. The number of amides is 1. The molecule has 0 saturated carbocycles. The molecule has 7 nitrogen and oxygen atoms in total. The van der Waals surface area contributed by atoms with E-state index >= 15 is 0 Å². The number of nitrogens with one attached hydrogen (secondary N) is 2. The second-order valence-electron chi connectivity index (χ2n) is 7.92. The molecule has 0 aliphatic rings. The van der Waals surface area contributed by atoms with Gasteiger partial charge in [0.25, 0.3) is 0 Å². The SMILES string of the molecule is COc1cccc(CN(C)CCNC(=O)C(C)c2ccc(NS(=O)(=O)C(C)C)cc2)c1. The van der Waals surface area contributed by atoms with Crippen LogP contribution in [-0.2, 0) is 21.4 Å². The van der Waals surface area contributed by atoms with Crippen molar-refractivity contribution in [2.75, 3.05) is 32.0 Å². The van der Waals surface area contributed by atoms with Gasteiger partial charge in [0.05, 0.1) is 18.3 Å². The quantitative estimate of drug-likeness (QED) is 0.552. The Kier molecular flexibility index (Phi) is 8.88. The summed E-state index contributed by atoms with van der Waals surface area (Å²) >= 11 is 0. The first-order valence-corrected chi connectivity index (χ1v) is 11.9. The fourth-order valence-corrected chi connectivity index (χ4v) is 3.66. The maximum absolute atomic E-state index is 12.5. The van der Waals surface area contributed by atoms with Gasteiger partial charge in [-0.1, -0.05) is 24.3 Å². The van der Waals surface area contributed by atoms with Crippen LogP contribution in [0.2, 0.25) is 0 Å². The lowest BCUT2D eigenvalue weighted by Gasteiger charge is -2.19. The van der Waals surface area contributed by atoms with Gasteiger partial charge in [-0.3, -0.25) is 9.52 Å². The molecule has 0 aliphatic heterocycles. The van der Waals surface area contributed by atoms with Gasteiger partial charge < -0.3 is 15.0 Å². The average Bonchev–Trinajstić information content (AvgIpc) is 2.73. The molecule has 170 valence electrons. The Labute approximate surface area is 185 Å². The number of hydrogen-bond donors (Lipinski definition) is 2. The molecule has 0 bridgehead atoms. The summed E-state index contributed by atoms with van der Waals surface area (Å²) in [6.07, 6.45) is 0. The standard InChI is InChI=1S/C23H33N3O4S/c1-17(2)31(28,29)25-21-11-9-20(10-12-21)18(3)23(27)24-13-14-26(4)16-19-7-6-8-22(15-19)30-5/h6-12,15,17-18,25H,13-14,16H2,1-5H3,(H,24,27). The predicted molar refractivity (Wildman–Crippen MR) is 125 cm³/mol. The van der Waals surface area contributed by atoms with E-state index in [-0.39, 0.29) is 11.8 Å². The highest BCUT2D eigenvalue weighted by atomic mass is 32.2. The monoisotopic (exact) mass is 447 g/mol. The summed E-state index contributed by atoms with van der Waals surface area (Å²) in [5.41, 5.74) is 2.47. The topological polar surface area (TPSA) is 87.7 Å². The molecule has 1 amide bonds. The van der Waals surface area contributed by atoms with Gasteiger partial charge >= 0.3 is 0 Å². The highest BCUT2D eigenvalue weighted by Gasteiger charge is 2.17. The molecule has 31 heavy (non-hydrogen) atoms. The smallest absolute Gasteiger partial charge is 0.235 e. The van der Waals surface area contributed by atoms with Gasteiger partial charge in [-0.05, 0) is 63.2 Å². The van der Waals surface area contributed by atoms with Gasteiger partial charge in [-0.2, -0.15) is 0 Å². The molecule has 0 radical (unpaired) electrons. The Morgan fingerprint density at radius 1 is 1.10 bits per heavy atom. The van der Waals surface area contributed by atoms with Crippen LogP contribution in [0.1, 0.15) is 37.8 Å². The van der Waals surface area contributed by atoms with Crippen molar-refractivity contribution in [2.24, 2.45) is 0 Å². The minimum Gasteiger partial charge on any atom is -0.497 e. The third-order valence-corrected chi connectivity index (χ3v) is 6.83. The molecule has 1 atom stereocenters. The molecular weight excluding hydrogens is 414 g/mol. The van der Waals surface area contributed by atoms with Crippen LogP contribution in [0.25, 0.3) is 0 Å². The number of methoxy groups -OCH3 is 1. The first-order chi connectivity index (χ1) is 14.6. The van der Waals surface area contributed by atoms with E-state index in [1.807, 2.05) is 38.2 Å². The summed E-state index contributed by atoms with van der Waals surface area (Å²) < 4.78 is 31.7. The highest BCUT2D eigenvalue weighted by Crippen LogP contribution is 2.20. The zero-order chi connectivity index (χ0) is 23.0. The third kappa shape index (κ3) is 7.56. The van der Waals surface area contributed by atoms with E-state index in [9.17, 15) is 13.2 Å². The lowest BCUT2D eigenvalue weighted by molar-refractivity contribution is -0.122. The molecule has 0 spiro atoms. The Morgan fingerprint density at radius 2 is 1.77 bits per heavy atom. The molecular formula is C23H33N3O4S. The summed E-state index contributed by atoms with van der Waals surface area (Å²) in [4.78, 5) is 14.6. The van der Waals surface area contributed by atoms with Crippen molar-refractivity contribution in [1.29, 1.82) is 0 Å². The first-order valence-electron chi connectivity index (χ1n) is 10.3. The molecule has 2 rings (SSSR count). The zero-order valence-electron chi connectivity index (χ0n) is 18.9. The number of nitrogens with zero attached hydrogens (tertiary/aromatic N) is 1. The normalized spacial score (nSPS) is 12.6. The van der Waals surface area contributed by atoms with Crippen molar-refractivity contribution in [3.8, 4) is 5.75 Å². The van der Waals surface area contributed by atoms with E-state index in [1.165, 1.54) is 0 Å². The Bertz CT molecular complexity index is 959. The van der Waals surface area contributed by atoms with E-state index < -0.39 is 15.3 Å². The van der Waals surface area contributed by atoms with Crippen molar-refractivity contribution < 1.29 is 17.9 Å². The van der Waals surface area contributed by atoms with Crippen molar-refractivity contribution in [3.63, 3.8) is 0 Å². The van der Waals surface area contributed by atoms with Crippen molar-refractivity contribution in [1.82, 2.24) is 10.2 Å². The lowest BCUT2D eigenvalue weighted by Crippen LogP contribution is -2.35. The summed E-state index contributed by atoms with van der Waals surface area (Å²) in [5, 5.41) is 2.46. The molecule has 1 unspecified atom stereocenters. The van der Waals surface area contributed by atoms with Crippen LogP contribution in [0, 0.1) is 0 Å². The van der Waals surface area contributed by atoms with Crippen LogP contribution < -0.4 is 14.8 Å². The molecule has 2 aromatic rings. The van der Waals surface area contributed by atoms with Gasteiger partial charge in [0.15, 0.2) is 0 Å². The van der Waals surface area contributed by atoms with E-state index in [0.717, 1.165) is 23.4 Å². The molecule has 0 aromatic heterocycles. The minimum atomic E-state index is -3.39. The van der Waals surface area contributed by atoms with E-state index in [4.69, 9.17) is 4.74 Å².